The molecular formula is C17H19ClN2O5S. The van der Waals surface area contributed by atoms with Gasteiger partial charge in [0.15, 0.2) is 6.61 Å². The van der Waals surface area contributed by atoms with Crippen LogP contribution in [0.5, 0.6) is 11.5 Å². The first-order chi connectivity index (χ1) is 12.2. The maximum absolute atomic E-state index is 12.4. The average Bonchev–Trinajstić information content (AvgIpc) is 2.60. The summed E-state index contributed by atoms with van der Waals surface area (Å²) in [5.74, 6) is 0.202. The molecule has 0 aromatic heterocycles. The highest BCUT2D eigenvalue weighted by Crippen LogP contribution is 2.28. The van der Waals surface area contributed by atoms with Gasteiger partial charge in [0.05, 0.1) is 7.11 Å². The average molecular weight is 399 g/mol. The number of nitrogens with zero attached hydrogens (tertiary/aromatic N) is 1. The zero-order valence-electron chi connectivity index (χ0n) is 14.5. The van der Waals surface area contributed by atoms with Gasteiger partial charge < -0.3 is 14.8 Å². The van der Waals surface area contributed by atoms with E-state index < -0.39 is 15.9 Å². The number of carbonyl (C=O) groups is 1. The second-order valence-electron chi connectivity index (χ2n) is 5.45. The van der Waals surface area contributed by atoms with Crippen LogP contribution in [0.15, 0.2) is 47.4 Å². The summed E-state index contributed by atoms with van der Waals surface area (Å²) in [6.07, 6.45) is 0. The van der Waals surface area contributed by atoms with Crippen LogP contribution in [-0.4, -0.2) is 46.4 Å². The third-order valence-electron chi connectivity index (χ3n) is 3.37. The van der Waals surface area contributed by atoms with E-state index in [-0.39, 0.29) is 17.3 Å². The van der Waals surface area contributed by atoms with Crippen molar-refractivity contribution >= 4 is 33.2 Å². The molecule has 9 heteroatoms. The van der Waals surface area contributed by atoms with E-state index in [2.05, 4.69) is 5.32 Å². The molecule has 0 saturated heterocycles. The number of rotatable bonds is 7. The summed E-state index contributed by atoms with van der Waals surface area (Å²) in [4.78, 5) is 12.0. The fourth-order valence-corrected chi connectivity index (χ4v) is 3.31. The predicted molar refractivity (Wildman–Crippen MR) is 99.4 cm³/mol. The molecule has 1 amide bonds. The van der Waals surface area contributed by atoms with Crippen LogP contribution < -0.4 is 14.8 Å². The quantitative estimate of drug-likeness (QED) is 0.774. The second-order valence-corrected chi connectivity index (χ2v) is 8.00. The molecule has 0 aliphatic carbocycles. The molecule has 26 heavy (non-hydrogen) atoms. The third kappa shape index (κ3) is 4.87. The molecule has 0 atom stereocenters. The molecule has 140 valence electrons. The molecule has 1 N–H and O–H groups in total. The van der Waals surface area contributed by atoms with Crippen molar-refractivity contribution in [1.82, 2.24) is 4.31 Å². The number of anilines is 1. The molecule has 0 heterocycles. The van der Waals surface area contributed by atoms with Crippen molar-refractivity contribution in [2.75, 3.05) is 33.1 Å². The van der Waals surface area contributed by atoms with Crippen LogP contribution in [0.1, 0.15) is 0 Å². The summed E-state index contributed by atoms with van der Waals surface area (Å²) in [7, 11) is 0.480. The summed E-state index contributed by atoms with van der Waals surface area (Å²) >= 11 is 5.85. The predicted octanol–water partition coefficient (Wildman–Crippen LogP) is 2.62. The van der Waals surface area contributed by atoms with Crippen molar-refractivity contribution in [2.24, 2.45) is 0 Å². The Balaban J connectivity index is 2.13. The zero-order valence-corrected chi connectivity index (χ0v) is 16.1. The van der Waals surface area contributed by atoms with Crippen LogP contribution in [0.25, 0.3) is 0 Å². The first kappa shape index (κ1) is 20.0. The van der Waals surface area contributed by atoms with Crippen LogP contribution in [0.3, 0.4) is 0 Å². The Morgan fingerprint density at radius 3 is 2.54 bits per heavy atom. The van der Waals surface area contributed by atoms with Crippen molar-refractivity contribution in [2.45, 2.75) is 4.90 Å². The number of halogens is 1. The summed E-state index contributed by atoms with van der Waals surface area (Å²) < 4.78 is 36.3. The lowest BCUT2D eigenvalue weighted by Gasteiger charge is -2.16. The van der Waals surface area contributed by atoms with Crippen molar-refractivity contribution in [3.63, 3.8) is 0 Å². The molecule has 0 aliphatic rings. The molecule has 0 bridgehead atoms. The number of hydrogen-bond donors (Lipinski definition) is 1. The smallest absolute Gasteiger partial charge is 0.262 e. The zero-order chi connectivity index (χ0) is 19.3. The van der Waals surface area contributed by atoms with Crippen LogP contribution in [0.2, 0.25) is 5.02 Å². The van der Waals surface area contributed by atoms with E-state index >= 15 is 0 Å². The normalized spacial score (nSPS) is 11.3. The maximum atomic E-state index is 12.4. The van der Waals surface area contributed by atoms with Gasteiger partial charge in [0.25, 0.3) is 5.91 Å². The molecule has 0 aliphatic heterocycles. The van der Waals surface area contributed by atoms with Gasteiger partial charge in [-0.15, -0.1) is 0 Å². The van der Waals surface area contributed by atoms with Crippen molar-refractivity contribution < 1.29 is 22.7 Å². The Morgan fingerprint density at radius 1 is 1.19 bits per heavy atom. The van der Waals surface area contributed by atoms with Gasteiger partial charge >= 0.3 is 0 Å². The molecule has 0 unspecified atom stereocenters. The van der Waals surface area contributed by atoms with Crippen LogP contribution in [0, 0.1) is 0 Å². The van der Waals surface area contributed by atoms with E-state index in [1.54, 1.807) is 30.3 Å². The molecule has 0 spiro atoms. The van der Waals surface area contributed by atoms with E-state index in [1.165, 1.54) is 33.3 Å². The first-order valence-electron chi connectivity index (χ1n) is 7.53. The fraction of sp³-hybridized carbons (Fsp3) is 0.235. The molecule has 0 radical (unpaired) electrons. The third-order valence-corrected chi connectivity index (χ3v) is 5.44. The lowest BCUT2D eigenvalue weighted by Crippen LogP contribution is -2.24. The Morgan fingerprint density at radius 2 is 1.92 bits per heavy atom. The van der Waals surface area contributed by atoms with E-state index in [9.17, 15) is 13.2 Å². The van der Waals surface area contributed by atoms with Gasteiger partial charge in [-0.1, -0.05) is 17.7 Å². The molecule has 2 aromatic rings. The number of ether oxygens (including phenoxy) is 2. The van der Waals surface area contributed by atoms with Crippen LogP contribution in [0.4, 0.5) is 5.69 Å². The van der Waals surface area contributed by atoms with Gasteiger partial charge in [0, 0.05) is 24.8 Å². The summed E-state index contributed by atoms with van der Waals surface area (Å²) in [6.45, 7) is -0.248. The SMILES string of the molecule is COc1ccc(NC(=O)COc2cccc(Cl)c2)cc1S(=O)(=O)N(C)C. The van der Waals surface area contributed by atoms with E-state index in [4.69, 9.17) is 21.1 Å². The van der Waals surface area contributed by atoms with Gasteiger partial charge in [0.1, 0.15) is 16.4 Å². The molecule has 7 nitrogen and oxygen atoms in total. The van der Waals surface area contributed by atoms with Gasteiger partial charge in [-0.2, -0.15) is 0 Å². The first-order valence-corrected chi connectivity index (χ1v) is 9.34. The van der Waals surface area contributed by atoms with E-state index in [0.717, 1.165) is 4.31 Å². The summed E-state index contributed by atoms with van der Waals surface area (Å²) in [5.41, 5.74) is 0.311. The second kappa shape index (κ2) is 8.39. The van der Waals surface area contributed by atoms with E-state index in [1.807, 2.05) is 0 Å². The monoisotopic (exact) mass is 398 g/mol. The fourth-order valence-electron chi connectivity index (χ4n) is 2.06. The topological polar surface area (TPSA) is 84.9 Å². The number of hydrogen-bond acceptors (Lipinski definition) is 5. The summed E-state index contributed by atoms with van der Waals surface area (Å²) in [6, 6.07) is 11.0. The number of amides is 1. The number of methoxy groups -OCH3 is 1. The molecule has 0 fully saturated rings. The van der Waals surface area contributed by atoms with Crippen molar-refractivity contribution in [3.05, 3.63) is 47.5 Å². The number of nitrogens with one attached hydrogen (secondary N) is 1. The largest absolute Gasteiger partial charge is 0.495 e. The Labute approximate surface area is 157 Å². The molecule has 0 saturated carbocycles. The minimum atomic E-state index is -3.73. The molecule has 2 aromatic carbocycles. The van der Waals surface area contributed by atoms with Gasteiger partial charge in [-0.25, -0.2) is 12.7 Å². The highest BCUT2D eigenvalue weighted by Gasteiger charge is 2.23. The van der Waals surface area contributed by atoms with Crippen LogP contribution in [-0.2, 0) is 14.8 Å². The minimum Gasteiger partial charge on any atom is -0.495 e. The van der Waals surface area contributed by atoms with Gasteiger partial charge in [-0.05, 0) is 36.4 Å². The highest BCUT2D eigenvalue weighted by molar-refractivity contribution is 7.89. The van der Waals surface area contributed by atoms with Crippen LogP contribution >= 0.6 is 11.6 Å². The highest BCUT2D eigenvalue weighted by atomic mass is 35.5. The molecular weight excluding hydrogens is 380 g/mol. The Kier molecular flexibility index (Phi) is 6.47. The molecule has 2 rings (SSSR count). The standard InChI is InChI=1S/C17H19ClN2O5S/c1-20(2)26(22,23)16-10-13(7-8-15(16)24-3)19-17(21)11-25-14-6-4-5-12(18)9-14/h4-10H,11H2,1-3H3,(H,19,21). The number of benzene rings is 2. The Bertz CT molecular complexity index is 900. The minimum absolute atomic E-state index is 0.0430. The lowest BCUT2D eigenvalue weighted by molar-refractivity contribution is -0.118. The van der Waals surface area contributed by atoms with Gasteiger partial charge in [-0.3, -0.25) is 4.79 Å². The number of sulfonamides is 1. The maximum Gasteiger partial charge on any atom is 0.262 e. The number of carbonyl (C=O) groups excluding carboxylic acids is 1. The van der Waals surface area contributed by atoms with Crippen molar-refractivity contribution in [1.29, 1.82) is 0 Å². The Hall–Kier alpha value is -2.29. The van der Waals surface area contributed by atoms with Gasteiger partial charge in [0.2, 0.25) is 10.0 Å². The van der Waals surface area contributed by atoms with E-state index in [0.29, 0.717) is 16.5 Å². The summed E-state index contributed by atoms with van der Waals surface area (Å²) in [5, 5.41) is 3.09. The van der Waals surface area contributed by atoms with Crippen molar-refractivity contribution in [3.8, 4) is 11.5 Å². The lowest BCUT2D eigenvalue weighted by atomic mass is 10.3.